The van der Waals surface area contributed by atoms with E-state index in [1.54, 1.807) is 36.4 Å². The van der Waals surface area contributed by atoms with Crippen LogP contribution in [0.15, 0.2) is 70.8 Å². The van der Waals surface area contributed by atoms with Crippen LogP contribution in [0.4, 0.5) is 11.4 Å². The number of carbonyl (C=O) groups excluding carboxylic acids is 2. The lowest BCUT2D eigenvalue weighted by molar-refractivity contribution is -0.385. The molecule has 4 rings (SSSR count). The van der Waals surface area contributed by atoms with Crippen LogP contribution in [0.1, 0.15) is 5.56 Å². The van der Waals surface area contributed by atoms with E-state index >= 15 is 0 Å². The molecule has 1 aliphatic rings. The minimum Gasteiger partial charge on any atom is -0.493 e. The molecule has 2 amide bonds. The van der Waals surface area contributed by atoms with Crippen LogP contribution in [0, 0.1) is 10.1 Å². The topological polar surface area (TPSA) is 124 Å². The fraction of sp³-hybridized carbons (Fsp3) is 0.0455. The number of rotatable bonds is 6. The summed E-state index contributed by atoms with van der Waals surface area (Å²) in [7, 11) is 1.43. The monoisotopic (exact) mass is 510 g/mol. The maximum Gasteiger partial charge on any atom is 0.287 e. The van der Waals surface area contributed by atoms with E-state index in [1.807, 2.05) is 6.07 Å². The third kappa shape index (κ3) is 4.53. The van der Waals surface area contributed by atoms with E-state index in [2.05, 4.69) is 26.3 Å². The Morgan fingerprint density at radius 2 is 1.88 bits per heavy atom. The van der Waals surface area contributed by atoms with Crippen LogP contribution in [0.25, 0.3) is 6.08 Å². The van der Waals surface area contributed by atoms with Crippen molar-refractivity contribution in [2.24, 2.45) is 0 Å². The second-order valence-electron chi connectivity index (χ2n) is 6.71. The standard InChI is InChI=1S/C22H15BrN4O6/c1-32-18-10-13(9-16-21(28)25-26(22(16)29)14-5-3-2-4-6-14)17(23)11-19(18)33-20-8-7-15(12-24-20)27(30)31/h2-12H,1H3,(H,25,28)/b16-9+. The number of carbonyl (C=O) groups is 2. The Morgan fingerprint density at radius 1 is 1.12 bits per heavy atom. The number of aromatic nitrogens is 1. The molecule has 1 aliphatic heterocycles. The number of hydrogen-bond donors (Lipinski definition) is 1. The van der Waals surface area contributed by atoms with Gasteiger partial charge in [0.1, 0.15) is 11.8 Å². The summed E-state index contributed by atoms with van der Waals surface area (Å²) in [5, 5.41) is 12.0. The number of hydrogen-bond acceptors (Lipinski definition) is 7. The number of benzene rings is 2. The van der Waals surface area contributed by atoms with Gasteiger partial charge in [-0.3, -0.25) is 25.1 Å². The predicted octanol–water partition coefficient (Wildman–Crippen LogP) is 4.01. The Labute approximate surface area is 195 Å². The lowest BCUT2D eigenvalue weighted by Gasteiger charge is -2.14. The molecule has 1 fully saturated rings. The van der Waals surface area contributed by atoms with Crippen LogP contribution in [0.3, 0.4) is 0 Å². The first kappa shape index (κ1) is 22.0. The van der Waals surface area contributed by atoms with Crippen molar-refractivity contribution in [2.45, 2.75) is 0 Å². The maximum atomic E-state index is 12.8. The van der Waals surface area contributed by atoms with Crippen molar-refractivity contribution in [3.8, 4) is 17.4 Å². The molecule has 0 bridgehead atoms. The number of para-hydroxylation sites is 1. The lowest BCUT2D eigenvalue weighted by atomic mass is 10.1. The molecule has 1 N–H and O–H groups in total. The van der Waals surface area contributed by atoms with Crippen molar-refractivity contribution in [3.05, 3.63) is 86.5 Å². The predicted molar refractivity (Wildman–Crippen MR) is 122 cm³/mol. The van der Waals surface area contributed by atoms with Gasteiger partial charge in [-0.2, -0.15) is 0 Å². The number of halogens is 1. The number of nitrogens with one attached hydrogen (secondary N) is 1. The lowest BCUT2D eigenvalue weighted by Crippen LogP contribution is -2.35. The zero-order valence-corrected chi connectivity index (χ0v) is 18.6. The Morgan fingerprint density at radius 3 is 2.52 bits per heavy atom. The van der Waals surface area contributed by atoms with Crippen LogP contribution < -0.4 is 19.9 Å². The van der Waals surface area contributed by atoms with Gasteiger partial charge in [-0.25, -0.2) is 9.99 Å². The average molecular weight is 511 g/mol. The highest BCUT2D eigenvalue weighted by molar-refractivity contribution is 9.10. The van der Waals surface area contributed by atoms with Crippen LogP contribution in [0.2, 0.25) is 0 Å². The minimum atomic E-state index is -0.560. The smallest absolute Gasteiger partial charge is 0.287 e. The van der Waals surface area contributed by atoms with Crippen LogP contribution in [-0.2, 0) is 9.59 Å². The molecule has 166 valence electrons. The first-order chi connectivity index (χ1) is 15.9. The molecular weight excluding hydrogens is 496 g/mol. The van der Waals surface area contributed by atoms with Crippen molar-refractivity contribution < 1.29 is 24.0 Å². The van der Waals surface area contributed by atoms with Gasteiger partial charge in [0, 0.05) is 16.6 Å². The fourth-order valence-electron chi connectivity index (χ4n) is 3.03. The Kier molecular flexibility index (Phi) is 6.05. The molecule has 2 aromatic carbocycles. The van der Waals surface area contributed by atoms with E-state index in [0.717, 1.165) is 6.20 Å². The van der Waals surface area contributed by atoms with Crippen LogP contribution in [0.5, 0.6) is 17.4 Å². The highest BCUT2D eigenvalue weighted by Crippen LogP contribution is 2.37. The minimum absolute atomic E-state index is 0.0488. The van der Waals surface area contributed by atoms with Gasteiger partial charge in [0.2, 0.25) is 5.88 Å². The second-order valence-corrected chi connectivity index (χ2v) is 7.57. The molecule has 2 heterocycles. The number of anilines is 1. The van der Waals surface area contributed by atoms with Gasteiger partial charge < -0.3 is 9.47 Å². The molecule has 33 heavy (non-hydrogen) atoms. The summed E-state index contributed by atoms with van der Waals surface area (Å²) in [6, 6.07) is 14.5. The average Bonchev–Trinajstić information content (AvgIpc) is 3.10. The number of ether oxygens (including phenoxy) is 2. The summed E-state index contributed by atoms with van der Waals surface area (Å²) in [6.07, 6.45) is 2.53. The van der Waals surface area contributed by atoms with Crippen molar-refractivity contribution in [2.75, 3.05) is 12.1 Å². The molecule has 0 aliphatic carbocycles. The molecule has 11 heteroatoms. The van der Waals surface area contributed by atoms with Gasteiger partial charge in [-0.15, -0.1) is 0 Å². The van der Waals surface area contributed by atoms with Crippen LogP contribution >= 0.6 is 15.9 Å². The molecule has 0 spiro atoms. The number of amides is 2. The van der Waals surface area contributed by atoms with Gasteiger partial charge >= 0.3 is 0 Å². The Balaban J connectivity index is 1.62. The number of pyridine rings is 1. The van der Waals surface area contributed by atoms with E-state index in [0.29, 0.717) is 21.5 Å². The SMILES string of the molecule is COc1cc(/C=C2\C(=O)NN(c3ccccc3)C2=O)c(Br)cc1Oc1ccc([N+](=O)[O-])cn1. The first-order valence-electron chi connectivity index (χ1n) is 9.45. The number of hydrazine groups is 1. The van der Waals surface area contributed by atoms with Crippen molar-refractivity contribution in [1.82, 2.24) is 10.4 Å². The highest BCUT2D eigenvalue weighted by Gasteiger charge is 2.34. The summed E-state index contributed by atoms with van der Waals surface area (Å²) in [4.78, 5) is 39.4. The summed E-state index contributed by atoms with van der Waals surface area (Å²) in [5.41, 5.74) is 3.37. The third-order valence-corrected chi connectivity index (χ3v) is 5.32. The molecule has 0 unspecified atom stereocenters. The maximum absolute atomic E-state index is 12.8. The Bertz CT molecular complexity index is 1280. The molecule has 3 aromatic rings. The summed E-state index contributed by atoms with van der Waals surface area (Å²) >= 11 is 3.42. The molecular formula is C22H15BrN4O6. The fourth-order valence-corrected chi connectivity index (χ4v) is 3.46. The molecule has 10 nitrogen and oxygen atoms in total. The molecule has 1 aromatic heterocycles. The number of nitrogens with zero attached hydrogens (tertiary/aromatic N) is 3. The molecule has 1 saturated heterocycles. The van der Waals surface area contributed by atoms with Gasteiger partial charge in [0.05, 0.1) is 17.7 Å². The van der Waals surface area contributed by atoms with Gasteiger partial charge in [0.15, 0.2) is 11.5 Å². The molecule has 0 radical (unpaired) electrons. The summed E-state index contributed by atoms with van der Waals surface area (Å²) in [5.74, 6) is -0.324. The highest BCUT2D eigenvalue weighted by atomic mass is 79.9. The van der Waals surface area contributed by atoms with Crippen molar-refractivity contribution >= 4 is 45.2 Å². The third-order valence-electron chi connectivity index (χ3n) is 4.63. The Hall–Kier alpha value is -4.25. The molecule has 0 atom stereocenters. The van der Waals surface area contributed by atoms with Gasteiger partial charge in [0.25, 0.3) is 17.5 Å². The zero-order valence-electron chi connectivity index (χ0n) is 17.0. The quantitative estimate of drug-likeness (QED) is 0.230. The summed E-state index contributed by atoms with van der Waals surface area (Å²) < 4.78 is 11.6. The number of nitro groups is 1. The van der Waals surface area contributed by atoms with Crippen molar-refractivity contribution in [1.29, 1.82) is 0 Å². The van der Waals surface area contributed by atoms with Crippen molar-refractivity contribution in [3.63, 3.8) is 0 Å². The number of methoxy groups -OCH3 is 1. The van der Waals surface area contributed by atoms with Gasteiger partial charge in [-0.1, -0.05) is 34.1 Å². The summed E-state index contributed by atoms with van der Waals surface area (Å²) in [6.45, 7) is 0. The second kappa shape index (κ2) is 9.09. The van der Waals surface area contributed by atoms with E-state index < -0.39 is 16.7 Å². The largest absolute Gasteiger partial charge is 0.493 e. The normalized spacial score (nSPS) is 14.4. The van der Waals surface area contributed by atoms with E-state index in [-0.39, 0.29) is 22.9 Å². The molecule has 0 saturated carbocycles. The first-order valence-corrected chi connectivity index (χ1v) is 10.2. The van der Waals surface area contributed by atoms with E-state index in [1.165, 1.54) is 30.3 Å². The van der Waals surface area contributed by atoms with E-state index in [9.17, 15) is 19.7 Å². The zero-order chi connectivity index (χ0) is 23.5. The van der Waals surface area contributed by atoms with Crippen LogP contribution in [-0.4, -0.2) is 28.8 Å². The van der Waals surface area contributed by atoms with E-state index in [4.69, 9.17) is 9.47 Å². The van der Waals surface area contributed by atoms with Gasteiger partial charge in [-0.05, 0) is 35.9 Å².